The zero-order valence-electron chi connectivity index (χ0n) is 11.5. The van der Waals surface area contributed by atoms with Crippen LogP contribution in [0.15, 0.2) is 46.9 Å². The van der Waals surface area contributed by atoms with Crippen molar-refractivity contribution in [1.82, 2.24) is 0 Å². The molecule has 0 aliphatic heterocycles. The van der Waals surface area contributed by atoms with E-state index >= 15 is 0 Å². The zero-order chi connectivity index (χ0) is 15.2. The van der Waals surface area contributed by atoms with Gasteiger partial charge in [-0.25, -0.2) is 0 Å². The third-order valence-corrected chi connectivity index (χ3v) is 4.33. The van der Waals surface area contributed by atoms with Crippen LogP contribution in [-0.4, -0.2) is 20.3 Å². The summed E-state index contributed by atoms with van der Waals surface area (Å²) >= 11 is 15.9. The lowest BCUT2D eigenvalue weighted by Crippen LogP contribution is -2.05. The number of alkyl halides is 1. The molecule has 112 valence electrons. The monoisotopic (exact) mass is 388 g/mol. The number of ether oxygens (including phenoxy) is 2. The molecule has 0 heterocycles. The van der Waals surface area contributed by atoms with Gasteiger partial charge in [0, 0.05) is 12.1 Å². The lowest BCUT2D eigenvalue weighted by Gasteiger charge is -2.13. The first-order valence-corrected chi connectivity index (χ1v) is 8.03. The molecule has 0 aromatic heterocycles. The van der Waals surface area contributed by atoms with Crippen LogP contribution in [0, 0.1) is 0 Å². The first-order chi connectivity index (χ1) is 10.1. The highest BCUT2D eigenvalue weighted by Crippen LogP contribution is 2.34. The van der Waals surface area contributed by atoms with Gasteiger partial charge in [-0.1, -0.05) is 29.8 Å². The molecule has 0 amide bonds. The molecule has 21 heavy (non-hydrogen) atoms. The lowest BCUT2D eigenvalue weighted by molar-refractivity contribution is 0.146. The number of halogens is 3. The van der Waals surface area contributed by atoms with Gasteiger partial charge >= 0.3 is 0 Å². The molecular weight excluding hydrogens is 375 g/mol. The second-order valence-electron chi connectivity index (χ2n) is 4.45. The molecule has 2 nitrogen and oxygen atoms in total. The van der Waals surface area contributed by atoms with Crippen LogP contribution < -0.4 is 4.74 Å². The van der Waals surface area contributed by atoms with Crippen LogP contribution in [0.2, 0.25) is 5.02 Å². The highest BCUT2D eigenvalue weighted by molar-refractivity contribution is 9.10. The third kappa shape index (κ3) is 4.62. The van der Waals surface area contributed by atoms with Gasteiger partial charge in [-0.2, -0.15) is 0 Å². The number of hydrogen-bond donors (Lipinski definition) is 0. The predicted molar refractivity (Wildman–Crippen MR) is 90.7 cm³/mol. The summed E-state index contributed by atoms with van der Waals surface area (Å²) in [5, 5.41) is 0.470. The van der Waals surface area contributed by atoms with E-state index in [-0.39, 0.29) is 5.38 Å². The Kier molecular flexibility index (Phi) is 6.37. The van der Waals surface area contributed by atoms with E-state index in [1.165, 1.54) is 0 Å². The van der Waals surface area contributed by atoms with Crippen LogP contribution in [0.1, 0.15) is 16.5 Å². The molecule has 0 aliphatic carbocycles. The zero-order valence-corrected chi connectivity index (χ0v) is 14.6. The van der Waals surface area contributed by atoms with Crippen molar-refractivity contribution in [2.24, 2.45) is 0 Å². The molecule has 0 radical (unpaired) electrons. The Morgan fingerprint density at radius 2 is 1.71 bits per heavy atom. The molecule has 2 aromatic carbocycles. The molecule has 0 aliphatic rings. The highest BCUT2D eigenvalue weighted by atomic mass is 79.9. The quantitative estimate of drug-likeness (QED) is 0.482. The van der Waals surface area contributed by atoms with Gasteiger partial charge < -0.3 is 9.47 Å². The molecule has 0 N–H and O–H groups in total. The van der Waals surface area contributed by atoms with E-state index in [1.807, 2.05) is 42.5 Å². The van der Waals surface area contributed by atoms with Crippen LogP contribution in [0.4, 0.5) is 0 Å². The summed E-state index contributed by atoms with van der Waals surface area (Å²) in [6, 6.07) is 13.4. The number of methoxy groups -OCH3 is 1. The van der Waals surface area contributed by atoms with E-state index in [2.05, 4.69) is 15.9 Å². The van der Waals surface area contributed by atoms with Crippen LogP contribution >= 0.6 is 39.1 Å². The topological polar surface area (TPSA) is 18.5 Å². The molecule has 0 spiro atoms. The van der Waals surface area contributed by atoms with Crippen molar-refractivity contribution in [3.63, 3.8) is 0 Å². The van der Waals surface area contributed by atoms with Gasteiger partial charge in [0.25, 0.3) is 0 Å². The smallest absolute Gasteiger partial charge is 0.133 e. The fourth-order valence-corrected chi connectivity index (χ4v) is 2.77. The summed E-state index contributed by atoms with van der Waals surface area (Å²) in [6.07, 6.45) is 0. The van der Waals surface area contributed by atoms with Crippen molar-refractivity contribution in [2.75, 3.05) is 20.3 Å². The minimum absolute atomic E-state index is 0.230. The van der Waals surface area contributed by atoms with Gasteiger partial charge in [-0.05, 0) is 51.3 Å². The van der Waals surface area contributed by atoms with Gasteiger partial charge in [0.15, 0.2) is 0 Å². The molecule has 5 heteroatoms. The largest absolute Gasteiger partial charge is 0.490 e. The van der Waals surface area contributed by atoms with Crippen LogP contribution in [0.3, 0.4) is 0 Å². The summed E-state index contributed by atoms with van der Waals surface area (Å²) in [4.78, 5) is 0. The molecule has 1 unspecified atom stereocenters. The second kappa shape index (κ2) is 8.04. The maximum Gasteiger partial charge on any atom is 0.133 e. The lowest BCUT2D eigenvalue weighted by atomic mass is 10.0. The van der Waals surface area contributed by atoms with Crippen LogP contribution in [0.5, 0.6) is 5.75 Å². The van der Waals surface area contributed by atoms with Crippen molar-refractivity contribution in [2.45, 2.75) is 5.38 Å². The van der Waals surface area contributed by atoms with Gasteiger partial charge in [-0.3, -0.25) is 0 Å². The number of hydrogen-bond acceptors (Lipinski definition) is 2. The Bertz CT molecular complexity index is 587. The second-order valence-corrected chi connectivity index (χ2v) is 6.17. The SMILES string of the molecule is COCCOc1ccc(C(Cl)c2ccc(Cl)cc2)cc1Br. The molecule has 0 saturated carbocycles. The Balaban J connectivity index is 2.13. The molecule has 0 saturated heterocycles. The molecule has 0 bridgehead atoms. The molecule has 0 fully saturated rings. The molecule has 2 rings (SSSR count). The minimum atomic E-state index is -0.230. The Morgan fingerprint density at radius 3 is 2.33 bits per heavy atom. The number of rotatable bonds is 6. The van der Waals surface area contributed by atoms with E-state index in [9.17, 15) is 0 Å². The molecule has 1 atom stereocenters. The van der Waals surface area contributed by atoms with E-state index < -0.39 is 0 Å². The van der Waals surface area contributed by atoms with Gasteiger partial charge in [0.2, 0.25) is 0 Å². The highest BCUT2D eigenvalue weighted by Gasteiger charge is 2.13. The Morgan fingerprint density at radius 1 is 1.05 bits per heavy atom. The van der Waals surface area contributed by atoms with E-state index in [4.69, 9.17) is 32.7 Å². The molecule has 2 aromatic rings. The van der Waals surface area contributed by atoms with E-state index in [0.717, 1.165) is 21.3 Å². The van der Waals surface area contributed by atoms with E-state index in [0.29, 0.717) is 18.2 Å². The van der Waals surface area contributed by atoms with E-state index in [1.54, 1.807) is 7.11 Å². The van der Waals surface area contributed by atoms with Crippen LogP contribution in [0.25, 0.3) is 0 Å². The van der Waals surface area contributed by atoms with Crippen molar-refractivity contribution < 1.29 is 9.47 Å². The standard InChI is InChI=1S/C16H15BrCl2O2/c1-20-8-9-21-15-7-4-12(10-14(15)17)16(19)11-2-5-13(18)6-3-11/h2-7,10,16H,8-9H2,1H3. The fraction of sp³-hybridized carbons (Fsp3) is 0.250. The third-order valence-electron chi connectivity index (χ3n) is 2.96. The first-order valence-electron chi connectivity index (χ1n) is 6.42. The average Bonchev–Trinajstić information content (AvgIpc) is 2.49. The van der Waals surface area contributed by atoms with Crippen molar-refractivity contribution in [1.29, 1.82) is 0 Å². The summed E-state index contributed by atoms with van der Waals surface area (Å²) in [7, 11) is 1.64. The van der Waals surface area contributed by atoms with Crippen molar-refractivity contribution in [3.05, 3.63) is 63.1 Å². The van der Waals surface area contributed by atoms with Gasteiger partial charge in [0.1, 0.15) is 12.4 Å². The first kappa shape index (κ1) is 16.6. The number of benzene rings is 2. The maximum atomic E-state index is 6.51. The Hall–Kier alpha value is -0.740. The molecular formula is C16H15BrCl2O2. The minimum Gasteiger partial charge on any atom is -0.490 e. The Labute approximate surface area is 143 Å². The maximum absolute atomic E-state index is 6.51. The van der Waals surface area contributed by atoms with Gasteiger partial charge in [0.05, 0.1) is 16.5 Å². The summed E-state index contributed by atoms with van der Waals surface area (Å²) < 4.78 is 11.4. The summed E-state index contributed by atoms with van der Waals surface area (Å²) in [5.74, 6) is 0.774. The fourth-order valence-electron chi connectivity index (χ4n) is 1.85. The van der Waals surface area contributed by atoms with Gasteiger partial charge in [-0.15, -0.1) is 11.6 Å². The predicted octanol–water partition coefficient (Wildman–Crippen LogP) is 5.46. The van der Waals surface area contributed by atoms with Crippen LogP contribution in [-0.2, 0) is 4.74 Å². The van der Waals surface area contributed by atoms with Crippen molar-refractivity contribution in [3.8, 4) is 5.75 Å². The average molecular weight is 390 g/mol. The van der Waals surface area contributed by atoms with Crippen molar-refractivity contribution >= 4 is 39.1 Å². The normalized spacial score (nSPS) is 12.2. The summed E-state index contributed by atoms with van der Waals surface area (Å²) in [5.41, 5.74) is 1.99. The summed E-state index contributed by atoms with van der Waals surface area (Å²) in [6.45, 7) is 1.06.